The summed E-state index contributed by atoms with van der Waals surface area (Å²) < 4.78 is 0. The maximum atomic E-state index is 9.98. The van der Waals surface area contributed by atoms with Crippen molar-refractivity contribution < 1.29 is 4.79 Å². The highest BCUT2D eigenvalue weighted by Gasteiger charge is 1.90. The summed E-state index contributed by atoms with van der Waals surface area (Å²) in [6.45, 7) is 2.26. The van der Waals surface area contributed by atoms with Crippen LogP contribution in [-0.2, 0) is 4.79 Å². The summed E-state index contributed by atoms with van der Waals surface area (Å²) in [6, 6.07) is 0. The molecule has 88 valence electrons. The van der Waals surface area contributed by atoms with Gasteiger partial charge in [0.15, 0.2) is 0 Å². The molecule has 0 aromatic rings. The number of unbranched alkanes of at least 4 members (excludes halogenated alkanes) is 9. The average Bonchev–Trinajstić information content (AvgIpc) is 2.26. The van der Waals surface area contributed by atoms with Gasteiger partial charge in [0.05, 0.1) is 0 Å². The summed E-state index contributed by atoms with van der Waals surface area (Å²) in [7, 11) is 0. The van der Waals surface area contributed by atoms with Crippen molar-refractivity contribution >= 4 is 6.29 Å². The van der Waals surface area contributed by atoms with Crippen LogP contribution in [0.5, 0.6) is 0 Å². The van der Waals surface area contributed by atoms with Gasteiger partial charge in [-0.3, -0.25) is 4.79 Å². The summed E-state index contributed by atoms with van der Waals surface area (Å²) in [5.41, 5.74) is 0. The molecule has 0 atom stereocenters. The van der Waals surface area contributed by atoms with Gasteiger partial charge < -0.3 is 0 Å². The third-order valence-corrected chi connectivity index (χ3v) is 2.69. The van der Waals surface area contributed by atoms with Gasteiger partial charge in [-0.15, -0.1) is 0 Å². The summed E-state index contributed by atoms with van der Waals surface area (Å²) in [5.74, 6) is 0. The maximum Gasteiger partial charge on any atom is 0.142 e. The van der Waals surface area contributed by atoms with E-state index in [2.05, 4.69) is 6.92 Å². The molecule has 0 aliphatic carbocycles. The number of carbonyl (C=O) groups is 1. The van der Waals surface area contributed by atoms with Crippen molar-refractivity contribution in [1.29, 1.82) is 0 Å². The van der Waals surface area contributed by atoms with Crippen LogP contribution < -0.4 is 0 Å². The van der Waals surface area contributed by atoms with E-state index < -0.39 is 0 Å². The van der Waals surface area contributed by atoms with E-state index in [0.29, 0.717) is 0 Å². The minimum atomic E-state index is 0.855. The Morgan fingerprint density at radius 1 is 0.800 bits per heavy atom. The average molecular weight is 210 g/mol. The quantitative estimate of drug-likeness (QED) is 0.275. The zero-order valence-electron chi connectivity index (χ0n) is 10.2. The molecule has 0 fully saturated rings. The highest BCUT2D eigenvalue weighted by atomic mass is 16.1. The van der Waals surface area contributed by atoms with E-state index in [9.17, 15) is 4.79 Å². The normalized spacial score (nSPS) is 11.0. The van der Waals surface area contributed by atoms with Crippen molar-refractivity contribution in [2.24, 2.45) is 0 Å². The zero-order chi connectivity index (χ0) is 11.2. The molecular formula is C14H26O. The highest BCUT2D eigenvalue weighted by molar-refractivity contribution is 5.64. The second-order valence-corrected chi connectivity index (χ2v) is 4.18. The first-order chi connectivity index (χ1) is 7.41. The van der Waals surface area contributed by atoms with Crippen LogP contribution >= 0.6 is 0 Å². The molecule has 1 heteroatoms. The number of allylic oxidation sites excluding steroid dienone is 2. The summed E-state index contributed by atoms with van der Waals surface area (Å²) in [4.78, 5) is 9.98. The van der Waals surface area contributed by atoms with Crippen LogP contribution in [-0.4, -0.2) is 6.29 Å². The van der Waals surface area contributed by atoms with E-state index in [4.69, 9.17) is 0 Å². The molecule has 0 amide bonds. The Kier molecular flexibility index (Phi) is 12.9. The second kappa shape index (κ2) is 13.4. The predicted octanol–water partition coefficient (Wildman–Crippen LogP) is 4.66. The molecule has 0 aliphatic heterocycles. The van der Waals surface area contributed by atoms with E-state index in [1.54, 1.807) is 6.08 Å². The Labute approximate surface area is 95.0 Å². The molecule has 0 saturated carbocycles. The van der Waals surface area contributed by atoms with E-state index in [1.807, 2.05) is 6.08 Å². The molecule has 0 aromatic carbocycles. The van der Waals surface area contributed by atoms with Crippen LogP contribution in [0.25, 0.3) is 0 Å². The van der Waals surface area contributed by atoms with Gasteiger partial charge in [-0.25, -0.2) is 0 Å². The summed E-state index contributed by atoms with van der Waals surface area (Å²) >= 11 is 0. The van der Waals surface area contributed by atoms with Gasteiger partial charge in [0, 0.05) is 0 Å². The fourth-order valence-electron chi connectivity index (χ4n) is 1.72. The number of carbonyl (C=O) groups excluding carboxylic acids is 1. The molecular weight excluding hydrogens is 184 g/mol. The molecule has 0 bridgehead atoms. The van der Waals surface area contributed by atoms with Crippen LogP contribution in [0.4, 0.5) is 0 Å². The lowest BCUT2D eigenvalue weighted by atomic mass is 10.1. The fourth-order valence-corrected chi connectivity index (χ4v) is 1.72. The van der Waals surface area contributed by atoms with Gasteiger partial charge >= 0.3 is 0 Å². The third-order valence-electron chi connectivity index (χ3n) is 2.69. The van der Waals surface area contributed by atoms with Crippen LogP contribution in [0.2, 0.25) is 0 Å². The molecule has 0 unspecified atom stereocenters. The molecule has 15 heavy (non-hydrogen) atoms. The standard InChI is InChI=1S/C14H26O/c1-2-3-4-5-6-7-8-9-10-11-12-13-14-15/h12-14H,2-11H2,1H3/b13-12+. The molecule has 1 nitrogen and oxygen atoms in total. The van der Waals surface area contributed by atoms with Crippen LogP contribution in [0.15, 0.2) is 12.2 Å². The fraction of sp³-hybridized carbons (Fsp3) is 0.786. The van der Waals surface area contributed by atoms with Gasteiger partial charge in [-0.05, 0) is 18.9 Å². The molecule has 0 radical (unpaired) electrons. The Morgan fingerprint density at radius 2 is 1.33 bits per heavy atom. The molecule has 0 spiro atoms. The zero-order valence-corrected chi connectivity index (χ0v) is 10.2. The first-order valence-corrected chi connectivity index (χ1v) is 6.52. The minimum absolute atomic E-state index is 0.855. The number of rotatable bonds is 11. The van der Waals surface area contributed by atoms with Gasteiger partial charge in [0.2, 0.25) is 0 Å². The largest absolute Gasteiger partial charge is 0.299 e. The molecule has 0 aromatic heterocycles. The van der Waals surface area contributed by atoms with E-state index in [-0.39, 0.29) is 0 Å². The monoisotopic (exact) mass is 210 g/mol. The van der Waals surface area contributed by atoms with Gasteiger partial charge in [-0.1, -0.05) is 64.4 Å². The Morgan fingerprint density at radius 3 is 1.87 bits per heavy atom. The molecule has 0 aliphatic rings. The lowest BCUT2D eigenvalue weighted by Crippen LogP contribution is -1.80. The smallest absolute Gasteiger partial charge is 0.142 e. The van der Waals surface area contributed by atoms with Crippen LogP contribution in [0.1, 0.15) is 71.1 Å². The molecule has 0 rings (SSSR count). The van der Waals surface area contributed by atoms with Crippen molar-refractivity contribution in [3.05, 3.63) is 12.2 Å². The first kappa shape index (κ1) is 14.4. The minimum Gasteiger partial charge on any atom is -0.299 e. The molecule has 0 saturated heterocycles. The lowest BCUT2D eigenvalue weighted by molar-refractivity contribution is -0.104. The highest BCUT2D eigenvalue weighted by Crippen LogP contribution is 2.10. The first-order valence-electron chi connectivity index (χ1n) is 6.52. The van der Waals surface area contributed by atoms with Crippen LogP contribution in [0.3, 0.4) is 0 Å². The maximum absolute atomic E-state index is 9.98. The van der Waals surface area contributed by atoms with Crippen molar-refractivity contribution in [3.63, 3.8) is 0 Å². The molecule has 0 N–H and O–H groups in total. The number of aldehydes is 1. The SMILES string of the molecule is CCCCCCCCCCC/C=C/C=O. The van der Waals surface area contributed by atoms with Gasteiger partial charge in [0.1, 0.15) is 6.29 Å². The summed E-state index contributed by atoms with van der Waals surface area (Å²) in [5, 5.41) is 0. The van der Waals surface area contributed by atoms with Crippen molar-refractivity contribution in [1.82, 2.24) is 0 Å². The number of hydrogen-bond donors (Lipinski definition) is 0. The van der Waals surface area contributed by atoms with Crippen molar-refractivity contribution in [3.8, 4) is 0 Å². The van der Waals surface area contributed by atoms with Gasteiger partial charge in [-0.2, -0.15) is 0 Å². The Bertz CT molecular complexity index is 149. The van der Waals surface area contributed by atoms with Crippen molar-refractivity contribution in [2.75, 3.05) is 0 Å². The predicted molar refractivity (Wildman–Crippen MR) is 67.0 cm³/mol. The topological polar surface area (TPSA) is 17.1 Å². The molecule has 0 heterocycles. The Hall–Kier alpha value is -0.590. The lowest BCUT2D eigenvalue weighted by Gasteiger charge is -2.00. The second-order valence-electron chi connectivity index (χ2n) is 4.18. The number of hydrogen-bond acceptors (Lipinski definition) is 1. The van der Waals surface area contributed by atoms with E-state index >= 15 is 0 Å². The Balaban J connectivity index is 2.92. The van der Waals surface area contributed by atoms with E-state index in [1.165, 1.54) is 57.8 Å². The summed E-state index contributed by atoms with van der Waals surface area (Å²) in [6.07, 6.45) is 17.8. The van der Waals surface area contributed by atoms with Crippen molar-refractivity contribution in [2.45, 2.75) is 71.1 Å². The van der Waals surface area contributed by atoms with E-state index in [0.717, 1.165) is 12.7 Å². The van der Waals surface area contributed by atoms with Gasteiger partial charge in [0.25, 0.3) is 0 Å². The van der Waals surface area contributed by atoms with Crippen LogP contribution in [0, 0.1) is 0 Å². The third kappa shape index (κ3) is 13.4.